The summed E-state index contributed by atoms with van der Waals surface area (Å²) in [5, 5.41) is 0. The lowest BCUT2D eigenvalue weighted by Crippen LogP contribution is -2.37. The number of esters is 1. The molecule has 1 heterocycles. The molecule has 1 aromatic rings. The van der Waals surface area contributed by atoms with Crippen molar-refractivity contribution in [2.75, 3.05) is 26.0 Å². The number of carbonyl (C=O) groups is 2. The van der Waals surface area contributed by atoms with E-state index in [1.54, 1.807) is 0 Å². The zero-order chi connectivity index (χ0) is 14.3. The Morgan fingerprint density at radius 1 is 1.47 bits per heavy atom. The molecular formula is C12H16ClNO3S2. The van der Waals surface area contributed by atoms with E-state index < -0.39 is 5.97 Å². The normalized spacial score (nSPS) is 10.3. The maximum absolute atomic E-state index is 11.9. The summed E-state index contributed by atoms with van der Waals surface area (Å²) in [5.41, 5.74) is 0. The van der Waals surface area contributed by atoms with Crippen LogP contribution in [0.25, 0.3) is 0 Å². The Bertz CT molecular complexity index is 436. The van der Waals surface area contributed by atoms with Gasteiger partial charge in [-0.25, -0.2) is 0 Å². The van der Waals surface area contributed by atoms with Gasteiger partial charge in [0.1, 0.15) is 6.54 Å². The lowest BCUT2D eigenvalue weighted by molar-refractivity contribution is -0.146. The number of halogens is 1. The van der Waals surface area contributed by atoms with Crippen molar-refractivity contribution < 1.29 is 14.3 Å². The van der Waals surface area contributed by atoms with Gasteiger partial charge >= 0.3 is 5.97 Å². The maximum atomic E-state index is 11.9. The molecule has 106 valence electrons. The fourth-order valence-electron chi connectivity index (χ4n) is 1.36. The average Bonchev–Trinajstić information content (AvgIpc) is 2.81. The molecule has 0 aliphatic heterocycles. The Hall–Kier alpha value is -0.720. The largest absolute Gasteiger partial charge is 0.468 e. The van der Waals surface area contributed by atoms with Gasteiger partial charge in [-0.15, -0.1) is 23.1 Å². The molecule has 0 spiro atoms. The van der Waals surface area contributed by atoms with Gasteiger partial charge < -0.3 is 9.64 Å². The summed E-state index contributed by atoms with van der Waals surface area (Å²) in [4.78, 5) is 25.7. The van der Waals surface area contributed by atoms with Gasteiger partial charge in [0.15, 0.2) is 0 Å². The number of rotatable bonds is 7. The molecule has 19 heavy (non-hydrogen) atoms. The van der Waals surface area contributed by atoms with Crippen molar-refractivity contribution in [1.29, 1.82) is 0 Å². The predicted molar refractivity (Wildman–Crippen MR) is 79.8 cm³/mol. The number of nitrogens with zero attached hydrogens (tertiary/aromatic N) is 1. The maximum Gasteiger partial charge on any atom is 0.325 e. The standard InChI is InChI=1S/C12H16ClNO3S2/c1-3-14(6-12(16)17-2)11(15)8-18-7-9-4-5-10(13)19-9/h4-5H,3,6-8H2,1-2H3. The lowest BCUT2D eigenvalue weighted by Gasteiger charge is -2.18. The van der Waals surface area contributed by atoms with Crippen LogP contribution >= 0.6 is 34.7 Å². The lowest BCUT2D eigenvalue weighted by atomic mass is 10.4. The summed E-state index contributed by atoms with van der Waals surface area (Å²) >= 11 is 8.86. The van der Waals surface area contributed by atoms with Crippen molar-refractivity contribution in [3.05, 3.63) is 21.3 Å². The van der Waals surface area contributed by atoms with Gasteiger partial charge in [0.25, 0.3) is 0 Å². The van der Waals surface area contributed by atoms with E-state index in [4.69, 9.17) is 11.6 Å². The second-order valence-corrected chi connectivity index (χ2v) is 6.47. The number of thiophene rings is 1. The minimum atomic E-state index is -0.398. The Morgan fingerprint density at radius 2 is 2.21 bits per heavy atom. The van der Waals surface area contributed by atoms with Gasteiger partial charge in [0, 0.05) is 17.2 Å². The number of likely N-dealkylation sites (N-methyl/N-ethyl adjacent to an activating group) is 1. The molecule has 0 saturated heterocycles. The molecule has 0 radical (unpaired) electrons. The minimum Gasteiger partial charge on any atom is -0.468 e. The fourth-order valence-corrected chi connectivity index (χ4v) is 3.48. The van der Waals surface area contributed by atoms with Gasteiger partial charge in [-0.2, -0.15) is 0 Å². The molecule has 0 atom stereocenters. The second-order valence-electron chi connectivity index (χ2n) is 3.68. The summed E-state index contributed by atoms with van der Waals surface area (Å²) in [6.07, 6.45) is 0. The van der Waals surface area contributed by atoms with Crippen LogP contribution < -0.4 is 0 Å². The Kier molecular flexibility index (Phi) is 7.27. The number of ether oxygens (including phenoxy) is 1. The molecule has 1 aromatic heterocycles. The van der Waals surface area contributed by atoms with Crippen molar-refractivity contribution in [3.63, 3.8) is 0 Å². The minimum absolute atomic E-state index is 0.0111. The number of amides is 1. The van der Waals surface area contributed by atoms with Crippen molar-refractivity contribution in [1.82, 2.24) is 4.90 Å². The topological polar surface area (TPSA) is 46.6 Å². The zero-order valence-corrected chi connectivity index (χ0v) is 13.2. The van der Waals surface area contributed by atoms with Gasteiger partial charge in [-0.3, -0.25) is 9.59 Å². The third-order valence-corrected chi connectivity index (χ3v) is 4.76. The quantitative estimate of drug-likeness (QED) is 0.724. The van der Waals surface area contributed by atoms with E-state index in [1.807, 2.05) is 19.1 Å². The Labute approximate surface area is 126 Å². The first-order valence-electron chi connectivity index (χ1n) is 5.73. The van der Waals surface area contributed by atoms with Gasteiger partial charge in [-0.05, 0) is 19.1 Å². The van der Waals surface area contributed by atoms with Crippen LogP contribution in [-0.2, 0) is 20.1 Å². The first kappa shape index (κ1) is 16.3. The van der Waals surface area contributed by atoms with Crippen molar-refractivity contribution in [3.8, 4) is 0 Å². The third-order valence-electron chi connectivity index (χ3n) is 2.38. The van der Waals surface area contributed by atoms with E-state index in [9.17, 15) is 9.59 Å². The number of methoxy groups -OCH3 is 1. The van der Waals surface area contributed by atoms with Crippen molar-refractivity contribution in [2.24, 2.45) is 0 Å². The molecule has 0 bridgehead atoms. The summed E-state index contributed by atoms with van der Waals surface area (Å²) in [6.45, 7) is 2.35. The summed E-state index contributed by atoms with van der Waals surface area (Å²) in [6, 6.07) is 3.80. The van der Waals surface area contributed by atoms with Crippen LogP contribution in [0.2, 0.25) is 4.34 Å². The van der Waals surface area contributed by atoms with Gasteiger partial charge in [0.05, 0.1) is 17.2 Å². The third kappa shape index (κ3) is 5.84. The predicted octanol–water partition coefficient (Wildman–Crippen LogP) is 2.66. The molecular weight excluding hydrogens is 306 g/mol. The first-order valence-corrected chi connectivity index (χ1v) is 8.08. The highest BCUT2D eigenvalue weighted by molar-refractivity contribution is 7.99. The van der Waals surface area contributed by atoms with Crippen LogP contribution in [0.15, 0.2) is 12.1 Å². The number of thioether (sulfide) groups is 1. The smallest absolute Gasteiger partial charge is 0.325 e. The highest BCUT2D eigenvalue weighted by Gasteiger charge is 2.15. The first-order chi connectivity index (χ1) is 9.06. The van der Waals surface area contributed by atoms with Gasteiger partial charge in [-0.1, -0.05) is 11.6 Å². The van der Waals surface area contributed by atoms with E-state index in [0.717, 1.165) is 15.0 Å². The molecule has 0 aromatic carbocycles. The fraction of sp³-hybridized carbons (Fsp3) is 0.500. The van der Waals surface area contributed by atoms with Crippen molar-refractivity contribution >= 4 is 46.6 Å². The average molecular weight is 322 g/mol. The van der Waals surface area contributed by atoms with Crippen LogP contribution in [0.5, 0.6) is 0 Å². The van der Waals surface area contributed by atoms with E-state index in [-0.39, 0.29) is 12.5 Å². The van der Waals surface area contributed by atoms with Crippen LogP contribution in [0.3, 0.4) is 0 Å². The summed E-state index contributed by atoms with van der Waals surface area (Å²) in [5.74, 6) is 0.644. The van der Waals surface area contributed by atoms with Crippen LogP contribution in [0.4, 0.5) is 0 Å². The molecule has 0 saturated carbocycles. The molecule has 4 nitrogen and oxygen atoms in total. The molecule has 1 rings (SSSR count). The van der Waals surface area contributed by atoms with Gasteiger partial charge in [0.2, 0.25) is 5.91 Å². The zero-order valence-electron chi connectivity index (χ0n) is 10.8. The Balaban J connectivity index is 2.34. The molecule has 7 heteroatoms. The number of hydrogen-bond donors (Lipinski definition) is 0. The number of hydrogen-bond acceptors (Lipinski definition) is 5. The molecule has 0 fully saturated rings. The van der Waals surface area contributed by atoms with Crippen LogP contribution in [-0.4, -0.2) is 42.7 Å². The molecule has 1 amide bonds. The highest BCUT2D eigenvalue weighted by atomic mass is 35.5. The van der Waals surface area contributed by atoms with E-state index in [0.29, 0.717) is 12.3 Å². The molecule has 0 aliphatic carbocycles. The molecule has 0 unspecified atom stereocenters. The summed E-state index contributed by atoms with van der Waals surface area (Å²) < 4.78 is 5.31. The van der Waals surface area contributed by atoms with Crippen LogP contribution in [0.1, 0.15) is 11.8 Å². The van der Waals surface area contributed by atoms with Crippen LogP contribution in [0, 0.1) is 0 Å². The summed E-state index contributed by atoms with van der Waals surface area (Å²) in [7, 11) is 1.32. The highest BCUT2D eigenvalue weighted by Crippen LogP contribution is 2.25. The van der Waals surface area contributed by atoms with E-state index >= 15 is 0 Å². The SMILES string of the molecule is CCN(CC(=O)OC)C(=O)CSCc1ccc(Cl)s1. The van der Waals surface area contributed by atoms with E-state index in [1.165, 1.54) is 35.1 Å². The number of carbonyl (C=O) groups excluding carboxylic acids is 2. The Morgan fingerprint density at radius 3 is 2.74 bits per heavy atom. The van der Waals surface area contributed by atoms with Crippen molar-refractivity contribution in [2.45, 2.75) is 12.7 Å². The second kappa shape index (κ2) is 8.45. The van der Waals surface area contributed by atoms with E-state index in [2.05, 4.69) is 4.74 Å². The monoisotopic (exact) mass is 321 g/mol. The molecule has 0 aliphatic rings. The molecule has 0 N–H and O–H groups in total.